The van der Waals surface area contributed by atoms with E-state index in [0.29, 0.717) is 25.6 Å². The lowest BCUT2D eigenvalue weighted by atomic mass is 9.34. The van der Waals surface area contributed by atoms with Crippen molar-refractivity contribution in [3.05, 3.63) is 46.3 Å². The third-order valence-electron chi connectivity index (χ3n) is 13.6. The number of nitrogens with zero attached hydrogens (tertiary/aromatic N) is 2. The Hall–Kier alpha value is -2.67. The molecule has 1 heterocycles. The summed E-state index contributed by atoms with van der Waals surface area (Å²) in [6.07, 6.45) is 12.8. The zero-order valence-electron chi connectivity index (χ0n) is 28.2. The molecule has 44 heavy (non-hydrogen) atoms. The summed E-state index contributed by atoms with van der Waals surface area (Å²) >= 11 is 0. The van der Waals surface area contributed by atoms with Crippen LogP contribution >= 0.6 is 0 Å². The summed E-state index contributed by atoms with van der Waals surface area (Å²) in [6, 6.07) is 0. The van der Waals surface area contributed by atoms with Gasteiger partial charge in [0.25, 0.3) is 0 Å². The van der Waals surface area contributed by atoms with Crippen LogP contribution in [0.3, 0.4) is 0 Å². The van der Waals surface area contributed by atoms with Crippen molar-refractivity contribution in [1.82, 2.24) is 9.80 Å². The summed E-state index contributed by atoms with van der Waals surface area (Å²) in [5, 5.41) is 0. The van der Waals surface area contributed by atoms with Crippen LogP contribution in [0.15, 0.2) is 46.3 Å². The Bertz CT molecular complexity index is 1410. The Labute approximate surface area is 263 Å². The third kappa shape index (κ3) is 4.42. The molecule has 3 saturated carbocycles. The van der Waals surface area contributed by atoms with E-state index < -0.39 is 11.5 Å². The van der Waals surface area contributed by atoms with Gasteiger partial charge < -0.3 is 19.3 Å². The maximum atomic E-state index is 13.7. The van der Waals surface area contributed by atoms with Crippen LogP contribution in [0.4, 0.5) is 4.79 Å². The first-order chi connectivity index (χ1) is 20.6. The summed E-state index contributed by atoms with van der Waals surface area (Å²) in [5.74, 6) is 0.300. The lowest BCUT2D eigenvalue weighted by Crippen LogP contribution is -2.62. The van der Waals surface area contributed by atoms with Gasteiger partial charge in [-0.05, 0) is 112 Å². The van der Waals surface area contributed by atoms with E-state index in [1.54, 1.807) is 11.0 Å². The van der Waals surface area contributed by atoms with E-state index in [-0.39, 0.29) is 39.2 Å². The number of carbonyl (C=O) groups excluding carboxylic acids is 3. The van der Waals surface area contributed by atoms with Gasteiger partial charge in [-0.2, -0.15) is 0 Å². The maximum absolute atomic E-state index is 13.7. The molecule has 5 aliphatic carbocycles. The first-order valence-electron chi connectivity index (χ1n) is 16.9. The number of rotatable bonds is 3. The molecule has 0 aromatic carbocycles. The van der Waals surface area contributed by atoms with Crippen LogP contribution in [0.1, 0.15) is 93.4 Å². The van der Waals surface area contributed by atoms with Gasteiger partial charge in [-0.3, -0.25) is 9.59 Å². The summed E-state index contributed by atoms with van der Waals surface area (Å²) in [6.45, 7) is 18.9. The number of hydrogen-bond donors (Lipinski definition) is 0. The molecule has 0 aromatic rings. The molecule has 7 heteroatoms. The van der Waals surface area contributed by atoms with Gasteiger partial charge in [0.15, 0.2) is 5.76 Å². The molecule has 6 rings (SSSR count). The second-order valence-electron chi connectivity index (χ2n) is 16.0. The average molecular weight is 605 g/mol. The zero-order valence-corrected chi connectivity index (χ0v) is 28.2. The summed E-state index contributed by atoms with van der Waals surface area (Å²) in [7, 11) is 2.04. The predicted octanol–water partition coefficient (Wildman–Crippen LogP) is 7.00. The fraction of sp³-hybridized carbons (Fsp3) is 0.703. The van der Waals surface area contributed by atoms with Crippen LogP contribution in [-0.4, -0.2) is 67.5 Å². The van der Waals surface area contributed by atoms with Crippen molar-refractivity contribution in [2.45, 2.75) is 93.4 Å². The molecule has 240 valence electrons. The average Bonchev–Trinajstić information content (AvgIpc) is 2.98. The fourth-order valence-corrected chi connectivity index (χ4v) is 10.2. The highest BCUT2D eigenvalue weighted by atomic mass is 16.6. The number of esters is 1. The Morgan fingerprint density at radius 1 is 0.932 bits per heavy atom. The largest absolute Gasteiger partial charge is 0.466 e. The lowest BCUT2D eigenvalue weighted by Gasteiger charge is -2.70. The van der Waals surface area contributed by atoms with Crippen LogP contribution in [0.2, 0.25) is 0 Å². The molecule has 0 spiro atoms. The summed E-state index contributed by atoms with van der Waals surface area (Å²) in [4.78, 5) is 43.8. The highest BCUT2D eigenvalue weighted by Crippen LogP contribution is 2.75. The zero-order chi connectivity index (χ0) is 31.9. The monoisotopic (exact) mass is 604 g/mol. The quantitative estimate of drug-likeness (QED) is 0.323. The van der Waals surface area contributed by atoms with Crippen molar-refractivity contribution in [2.75, 3.05) is 39.8 Å². The molecule has 0 radical (unpaired) electrons. The number of ether oxygens (including phenoxy) is 2. The van der Waals surface area contributed by atoms with E-state index in [9.17, 15) is 14.4 Å². The number of carbonyl (C=O) groups is 3. The minimum absolute atomic E-state index is 0.0121. The third-order valence-corrected chi connectivity index (χ3v) is 13.6. The first-order valence-corrected chi connectivity index (χ1v) is 16.9. The molecule has 6 aliphatic rings. The molecule has 0 bridgehead atoms. The maximum Gasteiger partial charge on any atom is 0.415 e. The van der Waals surface area contributed by atoms with E-state index in [1.165, 1.54) is 5.57 Å². The molecule has 6 atom stereocenters. The standard InChI is InChI=1S/C37H52N2O5/c1-9-43-31(41)34(4)13-12-33(3)14-16-36(6)28-11-10-25-24(2)30(44-32(42)39-20-18-38(8)19-21-39)27(40)22-26(25)35(28,5)15-17-37(36,7)29(33)23-34/h10-11,22,29H,9,12-21,23H2,1-8H3/t29-,33-,34-,35+,36-,37+/m1/s1. The predicted molar refractivity (Wildman–Crippen MR) is 170 cm³/mol. The van der Waals surface area contributed by atoms with Crippen molar-refractivity contribution in [3.8, 4) is 0 Å². The summed E-state index contributed by atoms with van der Waals surface area (Å²) < 4.78 is 11.4. The Balaban J connectivity index is 1.34. The van der Waals surface area contributed by atoms with E-state index in [2.05, 4.69) is 51.7 Å². The minimum Gasteiger partial charge on any atom is -0.466 e. The van der Waals surface area contributed by atoms with Crippen molar-refractivity contribution in [3.63, 3.8) is 0 Å². The van der Waals surface area contributed by atoms with Gasteiger partial charge in [0.2, 0.25) is 5.78 Å². The first kappa shape index (κ1) is 31.3. The second kappa shape index (κ2) is 10.4. The molecule has 0 unspecified atom stereocenters. The number of piperazine rings is 1. The number of likely N-dealkylation sites (N-methyl/N-ethyl adjacent to an activating group) is 1. The molecular weight excluding hydrogens is 552 g/mol. The Morgan fingerprint density at radius 2 is 1.61 bits per heavy atom. The highest BCUT2D eigenvalue weighted by molar-refractivity contribution is 6.08. The van der Waals surface area contributed by atoms with Crippen LogP contribution in [0.5, 0.6) is 0 Å². The van der Waals surface area contributed by atoms with Gasteiger partial charge in [-0.1, -0.05) is 45.4 Å². The SMILES string of the molecule is CCOC(=O)[C@]1(C)CC[C@]2(C)CC[C@]3(C)C4=CC=C5C(=CC(=O)C(OC(=O)N6CCN(C)CC6)=C5C)[C@]4(C)CC[C@@]3(C)[C@@H]2C1. The molecule has 4 fully saturated rings. The van der Waals surface area contributed by atoms with E-state index in [0.717, 1.165) is 74.8 Å². The minimum atomic E-state index is -0.450. The van der Waals surface area contributed by atoms with Gasteiger partial charge in [0.1, 0.15) is 0 Å². The van der Waals surface area contributed by atoms with Gasteiger partial charge in [0.05, 0.1) is 12.0 Å². The highest BCUT2D eigenvalue weighted by Gasteiger charge is 2.67. The van der Waals surface area contributed by atoms with Crippen LogP contribution in [-0.2, 0) is 19.1 Å². The second-order valence-corrected chi connectivity index (χ2v) is 16.0. The molecule has 7 nitrogen and oxygen atoms in total. The van der Waals surface area contributed by atoms with Crippen molar-refractivity contribution in [2.24, 2.45) is 33.0 Å². The van der Waals surface area contributed by atoms with Crippen LogP contribution in [0.25, 0.3) is 0 Å². The van der Waals surface area contributed by atoms with Crippen molar-refractivity contribution >= 4 is 17.8 Å². The molecule has 1 aliphatic heterocycles. The van der Waals surface area contributed by atoms with Crippen molar-refractivity contribution < 1.29 is 23.9 Å². The number of ketones is 1. The Morgan fingerprint density at radius 3 is 2.30 bits per heavy atom. The molecular formula is C37H52N2O5. The number of allylic oxidation sites excluding steroid dienone is 7. The number of hydrogen-bond acceptors (Lipinski definition) is 6. The number of amides is 1. The molecule has 1 amide bonds. The van der Waals surface area contributed by atoms with E-state index in [1.807, 2.05) is 20.9 Å². The van der Waals surface area contributed by atoms with E-state index >= 15 is 0 Å². The molecule has 0 aromatic heterocycles. The van der Waals surface area contributed by atoms with E-state index in [4.69, 9.17) is 9.47 Å². The normalized spacial score (nSPS) is 40.5. The molecule has 1 saturated heterocycles. The van der Waals surface area contributed by atoms with Crippen LogP contribution < -0.4 is 0 Å². The number of fused-ring (bicyclic) bond motifs is 7. The topological polar surface area (TPSA) is 76.2 Å². The van der Waals surface area contributed by atoms with Crippen LogP contribution in [0, 0.1) is 33.0 Å². The Kier molecular flexibility index (Phi) is 7.43. The van der Waals surface area contributed by atoms with Gasteiger partial charge in [-0.25, -0.2) is 4.79 Å². The fourth-order valence-electron chi connectivity index (χ4n) is 10.2. The van der Waals surface area contributed by atoms with Crippen molar-refractivity contribution in [1.29, 1.82) is 0 Å². The smallest absolute Gasteiger partial charge is 0.415 e. The lowest BCUT2D eigenvalue weighted by molar-refractivity contribution is -0.182. The van der Waals surface area contributed by atoms with Gasteiger partial charge in [0, 0.05) is 37.2 Å². The summed E-state index contributed by atoms with van der Waals surface area (Å²) in [5.41, 5.74) is 3.64. The molecule has 0 N–H and O–H groups in total. The van der Waals surface area contributed by atoms with Gasteiger partial charge in [-0.15, -0.1) is 0 Å². The van der Waals surface area contributed by atoms with Gasteiger partial charge >= 0.3 is 12.1 Å².